The van der Waals surface area contributed by atoms with Crippen LogP contribution in [-0.2, 0) is 23.0 Å². The van der Waals surface area contributed by atoms with Crippen LogP contribution in [0.15, 0.2) is 71.8 Å². The maximum absolute atomic E-state index is 13.3. The summed E-state index contributed by atoms with van der Waals surface area (Å²) in [6.45, 7) is 1.94. The van der Waals surface area contributed by atoms with Gasteiger partial charge in [0.05, 0.1) is 22.7 Å². The second-order valence-corrected chi connectivity index (χ2v) is 9.54. The van der Waals surface area contributed by atoms with Crippen LogP contribution in [0.1, 0.15) is 38.9 Å². The first-order valence-corrected chi connectivity index (χ1v) is 11.3. The van der Waals surface area contributed by atoms with E-state index in [4.69, 9.17) is 0 Å². The number of carbonyl (C=O) groups excluding carboxylic acids is 2. The van der Waals surface area contributed by atoms with Crippen molar-refractivity contribution in [1.82, 2.24) is 9.88 Å². The first-order chi connectivity index (χ1) is 14.9. The summed E-state index contributed by atoms with van der Waals surface area (Å²) in [6, 6.07) is 16.8. The van der Waals surface area contributed by atoms with E-state index in [-0.39, 0.29) is 28.7 Å². The van der Waals surface area contributed by atoms with Gasteiger partial charge in [-0.1, -0.05) is 30.3 Å². The van der Waals surface area contributed by atoms with Gasteiger partial charge in [0.15, 0.2) is 0 Å². The molecule has 1 atom stereocenters. The highest BCUT2D eigenvalue weighted by Gasteiger charge is 2.37. The standard InChI is InChI=1S/C23H19N3O4S/c1-15-13-17-5-2-3-7-20(17)26(15)31(29,30)18-10-8-16(9-11-18)14-25-22(27)19-6-4-12-24-21(19)23(25)28/h2-12,15H,13-14H2,1H3. The Hall–Kier alpha value is -3.52. The second kappa shape index (κ2) is 7.02. The molecular weight excluding hydrogens is 414 g/mol. The van der Waals surface area contributed by atoms with E-state index in [9.17, 15) is 18.0 Å². The molecule has 3 heterocycles. The zero-order chi connectivity index (χ0) is 21.8. The molecule has 0 bridgehead atoms. The van der Waals surface area contributed by atoms with E-state index in [2.05, 4.69) is 4.98 Å². The number of amides is 2. The van der Waals surface area contributed by atoms with Crippen molar-refractivity contribution in [3.05, 3.63) is 89.2 Å². The number of sulfonamides is 1. The minimum atomic E-state index is -3.73. The van der Waals surface area contributed by atoms with Gasteiger partial charge in [0.1, 0.15) is 5.69 Å². The molecule has 2 aromatic carbocycles. The van der Waals surface area contributed by atoms with Crippen molar-refractivity contribution in [3.63, 3.8) is 0 Å². The summed E-state index contributed by atoms with van der Waals surface area (Å²) in [5, 5.41) is 0. The number of aromatic nitrogens is 1. The molecule has 2 aliphatic heterocycles. The van der Waals surface area contributed by atoms with E-state index in [1.807, 2.05) is 31.2 Å². The number of fused-ring (bicyclic) bond motifs is 2. The summed E-state index contributed by atoms with van der Waals surface area (Å²) in [4.78, 5) is 30.3. The monoisotopic (exact) mass is 433 g/mol. The average molecular weight is 433 g/mol. The molecule has 2 amide bonds. The number of imide groups is 1. The number of rotatable bonds is 4. The van der Waals surface area contributed by atoms with Gasteiger partial charge >= 0.3 is 0 Å². The molecule has 5 rings (SSSR count). The van der Waals surface area contributed by atoms with E-state index in [1.165, 1.54) is 22.6 Å². The van der Waals surface area contributed by atoms with Crippen molar-refractivity contribution in [2.24, 2.45) is 0 Å². The van der Waals surface area contributed by atoms with Gasteiger partial charge < -0.3 is 0 Å². The Kier molecular flexibility index (Phi) is 4.40. The summed E-state index contributed by atoms with van der Waals surface area (Å²) in [5.41, 5.74) is 2.80. The Morgan fingerprint density at radius 1 is 0.968 bits per heavy atom. The number of benzene rings is 2. The number of pyridine rings is 1. The molecule has 0 N–H and O–H groups in total. The lowest BCUT2D eigenvalue weighted by Crippen LogP contribution is -2.35. The zero-order valence-electron chi connectivity index (χ0n) is 16.7. The summed E-state index contributed by atoms with van der Waals surface area (Å²) in [7, 11) is -3.73. The van der Waals surface area contributed by atoms with Crippen molar-refractivity contribution < 1.29 is 18.0 Å². The fourth-order valence-electron chi connectivity index (χ4n) is 4.22. The molecule has 0 aliphatic carbocycles. The normalized spacial score (nSPS) is 17.8. The van der Waals surface area contributed by atoms with E-state index in [1.54, 1.807) is 24.3 Å². The first kappa shape index (κ1) is 19.4. The quantitative estimate of drug-likeness (QED) is 0.590. The minimum Gasteiger partial charge on any atom is -0.268 e. The molecule has 31 heavy (non-hydrogen) atoms. The third kappa shape index (κ3) is 3.02. The van der Waals surface area contributed by atoms with Crippen LogP contribution in [0.2, 0.25) is 0 Å². The second-order valence-electron chi connectivity index (χ2n) is 7.72. The van der Waals surface area contributed by atoms with Crippen molar-refractivity contribution in [2.75, 3.05) is 4.31 Å². The SMILES string of the molecule is CC1Cc2ccccc2N1S(=O)(=O)c1ccc(CN2C(=O)c3cccnc3C2=O)cc1. The zero-order valence-corrected chi connectivity index (χ0v) is 17.5. The average Bonchev–Trinajstić information content (AvgIpc) is 3.24. The summed E-state index contributed by atoms with van der Waals surface area (Å²) >= 11 is 0. The number of anilines is 1. The predicted octanol–water partition coefficient (Wildman–Crippen LogP) is 3.02. The molecule has 0 saturated carbocycles. The lowest BCUT2D eigenvalue weighted by atomic mass is 10.1. The van der Waals surface area contributed by atoms with Gasteiger partial charge in [-0.15, -0.1) is 0 Å². The topological polar surface area (TPSA) is 87.7 Å². The van der Waals surface area contributed by atoms with Gasteiger partial charge in [-0.2, -0.15) is 0 Å². The minimum absolute atomic E-state index is 0.0529. The molecule has 7 nitrogen and oxygen atoms in total. The van der Waals surface area contributed by atoms with Crippen molar-refractivity contribution in [2.45, 2.75) is 30.8 Å². The van der Waals surface area contributed by atoms with E-state index in [0.717, 1.165) is 10.5 Å². The molecule has 0 radical (unpaired) electrons. The molecule has 156 valence electrons. The maximum atomic E-state index is 13.3. The van der Waals surface area contributed by atoms with E-state index in [0.29, 0.717) is 17.7 Å². The molecule has 0 spiro atoms. The van der Waals surface area contributed by atoms with Crippen LogP contribution >= 0.6 is 0 Å². The van der Waals surface area contributed by atoms with Gasteiger partial charge in [-0.3, -0.25) is 23.8 Å². The molecule has 0 saturated heterocycles. The lowest BCUT2D eigenvalue weighted by molar-refractivity contribution is 0.0640. The Morgan fingerprint density at radius 2 is 1.71 bits per heavy atom. The van der Waals surface area contributed by atoms with Crippen LogP contribution in [-0.4, -0.2) is 36.2 Å². The highest BCUT2D eigenvalue weighted by molar-refractivity contribution is 7.92. The van der Waals surface area contributed by atoms with Crippen LogP contribution in [0.4, 0.5) is 5.69 Å². The van der Waals surface area contributed by atoms with Gasteiger partial charge in [0.2, 0.25) is 0 Å². The largest absolute Gasteiger partial charge is 0.280 e. The van der Waals surface area contributed by atoms with Gasteiger partial charge in [-0.05, 0) is 54.8 Å². The van der Waals surface area contributed by atoms with E-state index < -0.39 is 21.8 Å². The van der Waals surface area contributed by atoms with Gasteiger partial charge in [-0.25, -0.2) is 8.42 Å². The summed E-state index contributed by atoms with van der Waals surface area (Å²) in [5.74, 6) is -0.841. The Bertz CT molecular complexity index is 1280. The highest BCUT2D eigenvalue weighted by Crippen LogP contribution is 2.36. The number of hydrogen-bond acceptors (Lipinski definition) is 5. The molecule has 0 fully saturated rings. The fourth-order valence-corrected chi connectivity index (χ4v) is 5.92. The molecule has 2 aliphatic rings. The third-order valence-corrected chi connectivity index (χ3v) is 7.64. The van der Waals surface area contributed by atoms with E-state index >= 15 is 0 Å². The lowest BCUT2D eigenvalue weighted by Gasteiger charge is -2.24. The summed E-state index contributed by atoms with van der Waals surface area (Å²) in [6.07, 6.45) is 2.14. The highest BCUT2D eigenvalue weighted by atomic mass is 32.2. The van der Waals surface area contributed by atoms with Crippen LogP contribution in [0, 0.1) is 0 Å². The van der Waals surface area contributed by atoms with Gasteiger partial charge in [0, 0.05) is 12.2 Å². The predicted molar refractivity (Wildman–Crippen MR) is 114 cm³/mol. The number of hydrogen-bond donors (Lipinski definition) is 0. The molecule has 1 unspecified atom stereocenters. The van der Waals surface area contributed by atoms with Gasteiger partial charge in [0.25, 0.3) is 21.8 Å². The maximum Gasteiger partial charge on any atom is 0.280 e. The number of carbonyl (C=O) groups is 2. The summed E-state index contributed by atoms with van der Waals surface area (Å²) < 4.78 is 28.1. The number of nitrogens with zero attached hydrogens (tertiary/aromatic N) is 3. The van der Waals surface area contributed by atoms with Crippen molar-refractivity contribution >= 4 is 27.5 Å². The van der Waals surface area contributed by atoms with Crippen LogP contribution in [0.3, 0.4) is 0 Å². The smallest absolute Gasteiger partial charge is 0.268 e. The molecule has 1 aromatic heterocycles. The van der Waals surface area contributed by atoms with Crippen LogP contribution < -0.4 is 4.31 Å². The molecular formula is C23H19N3O4S. The van der Waals surface area contributed by atoms with Crippen LogP contribution in [0.25, 0.3) is 0 Å². The fraction of sp³-hybridized carbons (Fsp3) is 0.174. The third-order valence-electron chi connectivity index (χ3n) is 5.70. The van der Waals surface area contributed by atoms with Crippen LogP contribution in [0.5, 0.6) is 0 Å². The number of para-hydroxylation sites is 1. The molecule has 8 heteroatoms. The Morgan fingerprint density at radius 3 is 2.45 bits per heavy atom. The Balaban J connectivity index is 1.40. The first-order valence-electron chi connectivity index (χ1n) is 9.90. The molecule has 3 aromatic rings. The van der Waals surface area contributed by atoms with Crippen molar-refractivity contribution in [1.29, 1.82) is 0 Å². The van der Waals surface area contributed by atoms with Crippen molar-refractivity contribution in [3.8, 4) is 0 Å². The Labute approximate surface area is 180 Å².